The maximum atomic E-state index is 11.4. The zero-order valence-corrected chi connectivity index (χ0v) is 11.5. The molecule has 0 saturated carbocycles. The molecule has 0 aromatic carbocycles. The highest BCUT2D eigenvalue weighted by atomic mass is 32.2. The van der Waals surface area contributed by atoms with Gasteiger partial charge in [-0.2, -0.15) is 11.8 Å². The van der Waals surface area contributed by atoms with E-state index in [1.165, 1.54) is 0 Å². The minimum atomic E-state index is 0.0286. The lowest BCUT2D eigenvalue weighted by Crippen LogP contribution is -2.41. The molecule has 2 atom stereocenters. The quantitative estimate of drug-likeness (QED) is 0.631. The summed E-state index contributed by atoms with van der Waals surface area (Å²) in [6.07, 6.45) is 2.09. The maximum absolute atomic E-state index is 11.4. The van der Waals surface area contributed by atoms with Gasteiger partial charge in [-0.25, -0.2) is 0 Å². The highest BCUT2D eigenvalue weighted by Crippen LogP contribution is 2.02. The zero-order valence-electron chi connectivity index (χ0n) is 10.7. The van der Waals surface area contributed by atoms with E-state index >= 15 is 0 Å². The Kier molecular flexibility index (Phi) is 9.77. The fourth-order valence-electron chi connectivity index (χ4n) is 1.39. The van der Waals surface area contributed by atoms with E-state index in [9.17, 15) is 4.79 Å². The monoisotopic (exact) mass is 248 g/mol. The van der Waals surface area contributed by atoms with Gasteiger partial charge in [0.15, 0.2) is 0 Å². The summed E-state index contributed by atoms with van der Waals surface area (Å²) in [5, 5.41) is 6.01. The molecule has 0 rings (SSSR count). The molecule has 0 aliphatic heterocycles. The number of carbonyl (C=O) groups excluding carboxylic acids is 1. The van der Waals surface area contributed by atoms with Gasteiger partial charge >= 0.3 is 0 Å². The summed E-state index contributed by atoms with van der Waals surface area (Å²) >= 11 is 1.83. The predicted molar refractivity (Wildman–Crippen MR) is 69.9 cm³/mol. The summed E-state index contributed by atoms with van der Waals surface area (Å²) in [6.45, 7) is 5.92. The van der Waals surface area contributed by atoms with Crippen molar-refractivity contribution < 1.29 is 9.53 Å². The largest absolute Gasteiger partial charge is 0.383 e. The third kappa shape index (κ3) is 9.00. The van der Waals surface area contributed by atoms with Crippen molar-refractivity contribution in [3.63, 3.8) is 0 Å². The van der Waals surface area contributed by atoms with Crippen molar-refractivity contribution in [3.8, 4) is 0 Å². The van der Waals surface area contributed by atoms with E-state index in [2.05, 4.69) is 23.8 Å². The molecule has 0 saturated heterocycles. The molecule has 2 N–H and O–H groups in total. The maximum Gasteiger partial charge on any atom is 0.234 e. The van der Waals surface area contributed by atoms with Crippen LogP contribution in [0, 0.1) is 5.92 Å². The van der Waals surface area contributed by atoms with Crippen LogP contribution in [-0.2, 0) is 9.53 Å². The third-order valence-corrected chi connectivity index (χ3v) is 2.96. The van der Waals surface area contributed by atoms with E-state index in [4.69, 9.17) is 4.74 Å². The van der Waals surface area contributed by atoms with Crippen LogP contribution >= 0.6 is 11.8 Å². The lowest BCUT2D eigenvalue weighted by molar-refractivity contribution is -0.121. The second-order valence-corrected chi connectivity index (χ2v) is 5.03. The molecular formula is C11H24N2O2S. The smallest absolute Gasteiger partial charge is 0.234 e. The van der Waals surface area contributed by atoms with Crippen LogP contribution < -0.4 is 10.6 Å². The molecule has 0 radical (unpaired) electrons. The van der Waals surface area contributed by atoms with Crippen LogP contribution in [0.4, 0.5) is 0 Å². The molecule has 0 spiro atoms. The van der Waals surface area contributed by atoms with Crippen molar-refractivity contribution >= 4 is 17.7 Å². The number of carbonyl (C=O) groups is 1. The average molecular weight is 248 g/mol. The van der Waals surface area contributed by atoms with Gasteiger partial charge < -0.3 is 15.4 Å². The molecule has 16 heavy (non-hydrogen) atoms. The van der Waals surface area contributed by atoms with E-state index < -0.39 is 0 Å². The van der Waals surface area contributed by atoms with Crippen molar-refractivity contribution in [1.29, 1.82) is 0 Å². The number of hydrogen-bond acceptors (Lipinski definition) is 4. The van der Waals surface area contributed by atoms with Crippen molar-refractivity contribution in [2.45, 2.75) is 19.9 Å². The number of hydrogen-bond donors (Lipinski definition) is 2. The van der Waals surface area contributed by atoms with Gasteiger partial charge in [0.05, 0.1) is 13.2 Å². The molecule has 0 bridgehead atoms. The van der Waals surface area contributed by atoms with Crippen molar-refractivity contribution in [2.75, 3.05) is 38.8 Å². The number of rotatable bonds is 9. The Balaban J connectivity index is 3.50. The van der Waals surface area contributed by atoms with Crippen molar-refractivity contribution in [2.24, 2.45) is 5.92 Å². The third-order valence-electron chi connectivity index (χ3n) is 2.05. The molecule has 0 heterocycles. The molecule has 0 aromatic rings. The van der Waals surface area contributed by atoms with E-state index in [0.717, 1.165) is 12.3 Å². The predicted octanol–water partition coefficient (Wildman–Crippen LogP) is 0.726. The van der Waals surface area contributed by atoms with E-state index in [0.29, 0.717) is 19.1 Å². The summed E-state index contributed by atoms with van der Waals surface area (Å²) in [6, 6.07) is 0.0721. The van der Waals surface area contributed by atoms with Gasteiger partial charge in [-0.15, -0.1) is 0 Å². The lowest BCUT2D eigenvalue weighted by atomic mass is 10.2. The Labute approximate surface area is 103 Å². The normalized spacial score (nSPS) is 14.5. The lowest BCUT2D eigenvalue weighted by Gasteiger charge is -2.14. The number of amides is 1. The van der Waals surface area contributed by atoms with E-state index in [1.54, 1.807) is 7.11 Å². The number of nitrogens with one attached hydrogen (secondary N) is 2. The van der Waals surface area contributed by atoms with Gasteiger partial charge in [0, 0.05) is 13.2 Å². The molecule has 5 heteroatoms. The van der Waals surface area contributed by atoms with Crippen molar-refractivity contribution in [1.82, 2.24) is 10.6 Å². The fraction of sp³-hybridized carbons (Fsp3) is 0.909. The van der Waals surface area contributed by atoms with Crippen LogP contribution in [0.3, 0.4) is 0 Å². The average Bonchev–Trinajstić information content (AvgIpc) is 2.18. The molecular weight excluding hydrogens is 224 g/mol. The fourth-order valence-corrected chi connectivity index (χ4v) is 2.08. The Morgan fingerprint density at radius 1 is 1.44 bits per heavy atom. The van der Waals surface area contributed by atoms with Crippen LogP contribution in [-0.4, -0.2) is 50.8 Å². The summed E-state index contributed by atoms with van der Waals surface area (Å²) < 4.78 is 4.94. The Morgan fingerprint density at radius 3 is 2.69 bits per heavy atom. The first kappa shape index (κ1) is 15.7. The van der Waals surface area contributed by atoms with Gasteiger partial charge in [-0.05, 0) is 31.4 Å². The van der Waals surface area contributed by atoms with Crippen LogP contribution in [0.5, 0.6) is 0 Å². The topological polar surface area (TPSA) is 50.4 Å². The first-order valence-electron chi connectivity index (χ1n) is 5.58. The van der Waals surface area contributed by atoms with Crippen LogP contribution in [0.1, 0.15) is 13.8 Å². The number of ether oxygens (including phenoxy) is 1. The summed E-state index contributed by atoms with van der Waals surface area (Å²) in [4.78, 5) is 11.4. The first-order valence-corrected chi connectivity index (χ1v) is 6.97. The van der Waals surface area contributed by atoms with Crippen LogP contribution in [0.2, 0.25) is 0 Å². The highest BCUT2D eigenvalue weighted by molar-refractivity contribution is 7.98. The van der Waals surface area contributed by atoms with Gasteiger partial charge in [-0.1, -0.05) is 6.92 Å². The molecule has 0 aliphatic carbocycles. The van der Waals surface area contributed by atoms with Crippen molar-refractivity contribution in [3.05, 3.63) is 0 Å². The van der Waals surface area contributed by atoms with Gasteiger partial charge in [0.2, 0.25) is 5.91 Å². The molecule has 2 unspecified atom stereocenters. The first-order chi connectivity index (χ1) is 7.60. The Morgan fingerprint density at radius 2 is 2.12 bits per heavy atom. The second-order valence-electron chi connectivity index (χ2n) is 4.12. The number of methoxy groups -OCH3 is 1. The number of thioether (sulfide) groups is 1. The minimum absolute atomic E-state index is 0.0286. The van der Waals surface area contributed by atoms with Crippen LogP contribution in [0.15, 0.2) is 0 Å². The SMILES string of the molecule is COCC(C)NC(=O)CNCC(C)CSC. The molecule has 96 valence electrons. The molecule has 0 fully saturated rings. The zero-order chi connectivity index (χ0) is 12.4. The molecule has 0 aliphatic rings. The standard InChI is InChI=1S/C11H24N2O2S/c1-9(8-16-4)5-12-6-11(14)13-10(2)7-15-3/h9-10,12H,5-8H2,1-4H3,(H,13,14). The second kappa shape index (κ2) is 9.93. The van der Waals surface area contributed by atoms with E-state index in [-0.39, 0.29) is 11.9 Å². The van der Waals surface area contributed by atoms with Crippen LogP contribution in [0.25, 0.3) is 0 Å². The molecule has 0 aromatic heterocycles. The van der Waals surface area contributed by atoms with Gasteiger partial charge in [-0.3, -0.25) is 4.79 Å². The Bertz CT molecular complexity index is 191. The summed E-state index contributed by atoms with van der Waals surface area (Å²) in [7, 11) is 1.63. The molecule has 1 amide bonds. The highest BCUT2D eigenvalue weighted by Gasteiger charge is 2.07. The molecule has 4 nitrogen and oxygen atoms in total. The summed E-state index contributed by atoms with van der Waals surface area (Å²) in [5.74, 6) is 1.74. The van der Waals surface area contributed by atoms with E-state index in [1.807, 2.05) is 18.7 Å². The van der Waals surface area contributed by atoms with Gasteiger partial charge in [0.25, 0.3) is 0 Å². The Hall–Kier alpha value is -0.260. The minimum Gasteiger partial charge on any atom is -0.383 e. The van der Waals surface area contributed by atoms with Gasteiger partial charge in [0.1, 0.15) is 0 Å². The summed E-state index contributed by atoms with van der Waals surface area (Å²) in [5.41, 5.74) is 0.